The second-order valence-corrected chi connectivity index (χ2v) is 9.05. The van der Waals surface area contributed by atoms with Gasteiger partial charge in [-0.15, -0.1) is 0 Å². The summed E-state index contributed by atoms with van der Waals surface area (Å²) in [5.41, 5.74) is 0.992. The summed E-state index contributed by atoms with van der Waals surface area (Å²) in [6.07, 6.45) is 1.22. The Morgan fingerprint density at radius 1 is 1.04 bits per heavy atom. The van der Waals surface area contributed by atoms with Crippen LogP contribution in [0.4, 0.5) is 0 Å². The molecule has 0 aliphatic carbocycles. The van der Waals surface area contributed by atoms with E-state index < -0.39 is 0 Å². The maximum atomic E-state index is 12.0. The summed E-state index contributed by atoms with van der Waals surface area (Å²) >= 11 is 0. The van der Waals surface area contributed by atoms with Crippen LogP contribution in [0.1, 0.15) is 59.9 Å². The zero-order chi connectivity index (χ0) is 19.1. The first-order valence-electron chi connectivity index (χ1n) is 8.95. The van der Waals surface area contributed by atoms with Crippen LogP contribution < -0.4 is 10.1 Å². The van der Waals surface area contributed by atoms with Gasteiger partial charge in [0.15, 0.2) is 0 Å². The largest absolute Gasteiger partial charge is 0.493 e. The number of hydrogen-bond donors (Lipinski definition) is 1. The summed E-state index contributed by atoms with van der Waals surface area (Å²) in [6.45, 7) is 13.5. The van der Waals surface area contributed by atoms with Crippen molar-refractivity contribution in [2.75, 3.05) is 13.2 Å². The predicted molar refractivity (Wildman–Crippen MR) is 102 cm³/mol. The number of carbonyl (C=O) groups is 2. The second-order valence-electron chi connectivity index (χ2n) is 9.05. The molecule has 4 nitrogen and oxygen atoms in total. The van der Waals surface area contributed by atoms with Crippen molar-refractivity contribution in [2.24, 2.45) is 10.8 Å². The molecule has 0 bridgehead atoms. The van der Waals surface area contributed by atoms with Crippen LogP contribution in [0.3, 0.4) is 0 Å². The van der Waals surface area contributed by atoms with E-state index in [0.717, 1.165) is 11.3 Å². The molecule has 1 amide bonds. The fourth-order valence-electron chi connectivity index (χ4n) is 2.31. The summed E-state index contributed by atoms with van der Waals surface area (Å²) in [5, 5.41) is 2.82. The zero-order valence-electron chi connectivity index (χ0n) is 16.6. The van der Waals surface area contributed by atoms with Crippen LogP contribution in [0.25, 0.3) is 0 Å². The Kier molecular flexibility index (Phi) is 7.65. The Labute approximate surface area is 152 Å². The lowest BCUT2D eigenvalue weighted by Crippen LogP contribution is -2.28. The molecule has 1 N–H and O–H groups in total. The van der Waals surface area contributed by atoms with Crippen LogP contribution in [0, 0.1) is 10.8 Å². The monoisotopic (exact) mass is 347 g/mol. The van der Waals surface area contributed by atoms with Gasteiger partial charge < -0.3 is 10.1 Å². The molecule has 0 saturated heterocycles. The average Bonchev–Trinajstić information content (AvgIpc) is 2.43. The van der Waals surface area contributed by atoms with Gasteiger partial charge in [0.05, 0.1) is 13.0 Å². The van der Waals surface area contributed by atoms with Crippen LogP contribution >= 0.6 is 0 Å². The Balaban J connectivity index is 2.40. The molecule has 1 aromatic carbocycles. The minimum absolute atomic E-state index is 0.00537. The normalized spacial score (nSPS) is 11.9. The number of amides is 1. The molecule has 0 fully saturated rings. The molecule has 0 atom stereocenters. The van der Waals surface area contributed by atoms with E-state index in [9.17, 15) is 9.59 Å². The van der Waals surface area contributed by atoms with E-state index in [1.54, 1.807) is 0 Å². The summed E-state index contributed by atoms with van der Waals surface area (Å²) < 4.78 is 5.78. The maximum Gasteiger partial charge on any atom is 0.224 e. The van der Waals surface area contributed by atoms with Crippen molar-refractivity contribution in [3.05, 3.63) is 29.8 Å². The van der Waals surface area contributed by atoms with Crippen molar-refractivity contribution >= 4 is 11.7 Å². The third-order valence-corrected chi connectivity index (χ3v) is 3.39. The molecule has 0 aliphatic rings. The number of benzene rings is 1. The molecular weight excluding hydrogens is 314 g/mol. The SMILES string of the molecule is CC(C)(C)COc1cccc(CC(=O)NCCC(=O)CC(C)(C)C)c1. The second kappa shape index (κ2) is 9.02. The van der Waals surface area contributed by atoms with Gasteiger partial charge >= 0.3 is 0 Å². The molecule has 1 rings (SSSR count). The van der Waals surface area contributed by atoms with Crippen LogP contribution in [-0.2, 0) is 16.0 Å². The summed E-state index contributed by atoms with van der Waals surface area (Å²) in [6, 6.07) is 7.61. The number of ether oxygens (including phenoxy) is 1. The number of nitrogens with one attached hydrogen (secondary N) is 1. The van der Waals surface area contributed by atoms with Crippen molar-refractivity contribution in [3.8, 4) is 5.75 Å². The van der Waals surface area contributed by atoms with Gasteiger partial charge in [0.25, 0.3) is 0 Å². The fraction of sp³-hybridized carbons (Fsp3) is 0.619. The average molecular weight is 347 g/mol. The van der Waals surface area contributed by atoms with Crippen molar-refractivity contribution < 1.29 is 14.3 Å². The highest BCUT2D eigenvalue weighted by Crippen LogP contribution is 2.20. The molecule has 0 saturated carbocycles. The van der Waals surface area contributed by atoms with E-state index in [1.165, 1.54) is 0 Å². The van der Waals surface area contributed by atoms with Gasteiger partial charge in [-0.1, -0.05) is 53.7 Å². The number of Topliss-reactive ketones (excluding diaryl/α,β-unsaturated/α-hetero) is 1. The van der Waals surface area contributed by atoms with Crippen molar-refractivity contribution in [1.29, 1.82) is 0 Å². The molecule has 1 aromatic rings. The van der Waals surface area contributed by atoms with Gasteiger partial charge in [-0.05, 0) is 28.5 Å². The van der Waals surface area contributed by atoms with E-state index in [1.807, 2.05) is 45.0 Å². The topological polar surface area (TPSA) is 55.4 Å². The Morgan fingerprint density at radius 3 is 2.32 bits per heavy atom. The van der Waals surface area contributed by atoms with Crippen molar-refractivity contribution in [1.82, 2.24) is 5.32 Å². The molecule has 0 radical (unpaired) electrons. The molecule has 0 spiro atoms. The summed E-state index contributed by atoms with van der Waals surface area (Å²) in [7, 11) is 0. The summed E-state index contributed by atoms with van der Waals surface area (Å²) in [4.78, 5) is 23.9. The van der Waals surface area contributed by atoms with Gasteiger partial charge in [0, 0.05) is 19.4 Å². The van der Waals surface area contributed by atoms with Crippen LogP contribution in [0.2, 0.25) is 0 Å². The van der Waals surface area contributed by atoms with E-state index in [4.69, 9.17) is 4.74 Å². The quantitative estimate of drug-likeness (QED) is 0.768. The molecule has 25 heavy (non-hydrogen) atoms. The van der Waals surface area contributed by atoms with E-state index in [-0.39, 0.29) is 22.5 Å². The minimum Gasteiger partial charge on any atom is -0.493 e. The molecule has 0 aliphatic heterocycles. The van der Waals surface area contributed by atoms with Gasteiger partial charge in [0.1, 0.15) is 11.5 Å². The first-order chi connectivity index (χ1) is 11.4. The highest BCUT2D eigenvalue weighted by Gasteiger charge is 2.16. The van der Waals surface area contributed by atoms with Crippen LogP contribution in [0.5, 0.6) is 5.75 Å². The first kappa shape index (κ1) is 21.2. The third kappa shape index (κ3) is 10.6. The smallest absolute Gasteiger partial charge is 0.224 e. The van der Waals surface area contributed by atoms with Crippen LogP contribution in [-0.4, -0.2) is 24.8 Å². The molecule has 4 heteroatoms. The lowest BCUT2D eigenvalue weighted by atomic mass is 9.89. The maximum absolute atomic E-state index is 12.0. The Morgan fingerprint density at radius 2 is 1.72 bits per heavy atom. The van der Waals surface area contributed by atoms with Crippen LogP contribution in [0.15, 0.2) is 24.3 Å². The van der Waals surface area contributed by atoms with E-state index in [0.29, 0.717) is 32.4 Å². The Bertz CT molecular complexity index is 580. The lowest BCUT2D eigenvalue weighted by Gasteiger charge is -2.19. The van der Waals surface area contributed by atoms with Crippen molar-refractivity contribution in [2.45, 2.75) is 60.8 Å². The first-order valence-corrected chi connectivity index (χ1v) is 8.95. The van der Waals surface area contributed by atoms with Gasteiger partial charge in [0.2, 0.25) is 5.91 Å². The number of hydrogen-bond acceptors (Lipinski definition) is 3. The van der Waals surface area contributed by atoms with E-state index >= 15 is 0 Å². The standard InChI is InChI=1S/C21H33NO3/c1-20(2,3)14-17(23)10-11-22-19(24)13-16-8-7-9-18(12-16)25-15-21(4,5)6/h7-9,12H,10-11,13-15H2,1-6H3,(H,22,24). The number of ketones is 1. The molecule has 0 heterocycles. The lowest BCUT2D eigenvalue weighted by molar-refractivity contribution is -0.121. The van der Waals surface area contributed by atoms with Gasteiger partial charge in [-0.25, -0.2) is 0 Å². The zero-order valence-corrected chi connectivity index (χ0v) is 16.6. The van der Waals surface area contributed by atoms with Gasteiger partial charge in [-0.3, -0.25) is 9.59 Å². The fourth-order valence-corrected chi connectivity index (χ4v) is 2.31. The molecule has 140 valence electrons. The van der Waals surface area contributed by atoms with Crippen molar-refractivity contribution in [3.63, 3.8) is 0 Å². The minimum atomic E-state index is -0.0727. The highest BCUT2D eigenvalue weighted by atomic mass is 16.5. The number of carbonyl (C=O) groups excluding carboxylic acids is 2. The third-order valence-electron chi connectivity index (χ3n) is 3.39. The van der Waals surface area contributed by atoms with E-state index in [2.05, 4.69) is 26.1 Å². The highest BCUT2D eigenvalue weighted by molar-refractivity contribution is 5.81. The molecular formula is C21H33NO3. The predicted octanol–water partition coefficient (Wildman–Crippen LogP) is 4.17. The Hall–Kier alpha value is -1.84. The summed E-state index contributed by atoms with van der Waals surface area (Å²) in [5.74, 6) is 0.891. The molecule has 0 unspecified atom stereocenters. The molecule has 0 aromatic heterocycles. The number of rotatable bonds is 8. The van der Waals surface area contributed by atoms with Gasteiger partial charge in [-0.2, -0.15) is 0 Å².